The number of anilines is 1. The Hall–Kier alpha value is -2.34. The first-order chi connectivity index (χ1) is 10.3. The molecular formula is C15H18N4O2. The molecule has 2 aromatic rings. The normalized spacial score (nSPS) is 17.6. The molecule has 1 aromatic heterocycles. The number of carboxylic acids is 1. The van der Waals surface area contributed by atoms with E-state index in [1.54, 1.807) is 6.20 Å². The number of benzene rings is 1. The first kappa shape index (κ1) is 13.6. The van der Waals surface area contributed by atoms with E-state index < -0.39 is 12.0 Å². The van der Waals surface area contributed by atoms with Crippen LogP contribution in [0.2, 0.25) is 0 Å². The molecule has 6 nitrogen and oxygen atoms in total. The molecule has 0 spiro atoms. The Kier molecular flexibility index (Phi) is 3.87. The van der Waals surface area contributed by atoms with E-state index in [4.69, 9.17) is 0 Å². The molecule has 0 aliphatic carbocycles. The van der Waals surface area contributed by atoms with Crippen LogP contribution in [0.15, 0.2) is 42.9 Å². The van der Waals surface area contributed by atoms with Gasteiger partial charge >= 0.3 is 5.97 Å². The number of piperazine rings is 1. The lowest BCUT2D eigenvalue weighted by atomic mass is 10.1. The highest BCUT2D eigenvalue weighted by molar-refractivity contribution is 5.74. The van der Waals surface area contributed by atoms with E-state index in [2.05, 4.69) is 27.0 Å². The zero-order valence-corrected chi connectivity index (χ0v) is 11.6. The summed E-state index contributed by atoms with van der Waals surface area (Å²) in [6.45, 7) is 3.07. The molecule has 1 unspecified atom stereocenters. The van der Waals surface area contributed by atoms with Crippen molar-refractivity contribution >= 4 is 11.7 Å². The van der Waals surface area contributed by atoms with Crippen molar-refractivity contribution in [1.82, 2.24) is 14.9 Å². The monoisotopic (exact) mass is 286 g/mol. The van der Waals surface area contributed by atoms with Crippen LogP contribution < -0.4 is 4.90 Å². The third kappa shape index (κ3) is 2.90. The van der Waals surface area contributed by atoms with Crippen LogP contribution >= 0.6 is 0 Å². The number of hydrogen-bond donors (Lipinski definition) is 2. The van der Waals surface area contributed by atoms with E-state index in [9.17, 15) is 9.90 Å². The number of carboxylic acid groups (broad SMARTS) is 1. The largest absolute Gasteiger partial charge is 0.480 e. The Morgan fingerprint density at radius 2 is 1.90 bits per heavy atom. The van der Waals surface area contributed by atoms with Gasteiger partial charge in [-0.05, 0) is 12.1 Å². The number of aromatic nitrogens is 2. The standard InChI is InChI=1S/C15H18N4O2/c20-15(21)14(13-10-16-11-17-13)19-8-6-18(7-9-19)12-4-2-1-3-5-12/h1-5,10-11,14H,6-9H2,(H,16,17)(H,20,21). The number of aliphatic carboxylic acids is 1. The van der Waals surface area contributed by atoms with Gasteiger partial charge in [-0.2, -0.15) is 0 Å². The summed E-state index contributed by atoms with van der Waals surface area (Å²) in [7, 11) is 0. The van der Waals surface area contributed by atoms with Crippen LogP contribution in [-0.4, -0.2) is 52.1 Å². The minimum atomic E-state index is -0.840. The highest BCUT2D eigenvalue weighted by atomic mass is 16.4. The second kappa shape index (κ2) is 5.97. The summed E-state index contributed by atoms with van der Waals surface area (Å²) in [6.07, 6.45) is 3.11. The topological polar surface area (TPSA) is 72.5 Å². The molecule has 1 aliphatic rings. The third-order valence-corrected chi connectivity index (χ3v) is 3.85. The van der Waals surface area contributed by atoms with Gasteiger partial charge in [0.1, 0.15) is 0 Å². The molecule has 1 aliphatic heterocycles. The summed E-state index contributed by atoms with van der Waals surface area (Å²) in [6, 6.07) is 9.56. The van der Waals surface area contributed by atoms with Crippen molar-refractivity contribution in [2.45, 2.75) is 6.04 Å². The molecule has 6 heteroatoms. The summed E-state index contributed by atoms with van der Waals surface area (Å²) in [5.41, 5.74) is 1.82. The number of nitrogens with zero attached hydrogens (tertiary/aromatic N) is 3. The molecule has 0 saturated carbocycles. The van der Waals surface area contributed by atoms with Gasteiger partial charge in [0.2, 0.25) is 0 Å². The smallest absolute Gasteiger partial charge is 0.327 e. The average molecular weight is 286 g/mol. The lowest BCUT2D eigenvalue weighted by Crippen LogP contribution is -2.49. The van der Waals surface area contributed by atoms with Crippen molar-refractivity contribution in [2.75, 3.05) is 31.1 Å². The van der Waals surface area contributed by atoms with E-state index in [1.165, 1.54) is 12.0 Å². The van der Waals surface area contributed by atoms with Gasteiger partial charge in [-0.25, -0.2) is 4.98 Å². The molecule has 1 fully saturated rings. The van der Waals surface area contributed by atoms with Crippen LogP contribution in [0.25, 0.3) is 0 Å². The fourth-order valence-electron chi connectivity index (χ4n) is 2.78. The molecule has 2 heterocycles. The van der Waals surface area contributed by atoms with Crippen LogP contribution in [0.4, 0.5) is 5.69 Å². The van der Waals surface area contributed by atoms with Crippen molar-refractivity contribution in [3.8, 4) is 0 Å². The molecule has 0 amide bonds. The van der Waals surface area contributed by atoms with E-state index in [-0.39, 0.29) is 0 Å². The minimum absolute atomic E-state index is 0.635. The fourth-order valence-corrected chi connectivity index (χ4v) is 2.78. The van der Waals surface area contributed by atoms with Crippen LogP contribution in [0.3, 0.4) is 0 Å². The predicted octanol–water partition coefficient (Wildman–Crippen LogP) is 1.36. The van der Waals surface area contributed by atoms with Crippen molar-refractivity contribution in [1.29, 1.82) is 0 Å². The van der Waals surface area contributed by atoms with Gasteiger partial charge < -0.3 is 15.0 Å². The lowest BCUT2D eigenvalue weighted by molar-refractivity contribution is -0.143. The van der Waals surface area contributed by atoms with E-state index in [0.717, 1.165) is 13.1 Å². The summed E-state index contributed by atoms with van der Waals surface area (Å²) < 4.78 is 0. The molecule has 1 aromatic carbocycles. The molecule has 1 saturated heterocycles. The lowest BCUT2D eigenvalue weighted by Gasteiger charge is -2.38. The molecule has 110 valence electrons. The Bertz CT molecular complexity index is 577. The highest BCUT2D eigenvalue weighted by Crippen LogP contribution is 2.23. The fraction of sp³-hybridized carbons (Fsp3) is 0.333. The highest BCUT2D eigenvalue weighted by Gasteiger charge is 2.31. The summed E-state index contributed by atoms with van der Waals surface area (Å²) in [4.78, 5) is 22.6. The third-order valence-electron chi connectivity index (χ3n) is 3.85. The Balaban J connectivity index is 1.68. The van der Waals surface area contributed by atoms with Gasteiger partial charge in [-0.1, -0.05) is 18.2 Å². The van der Waals surface area contributed by atoms with Crippen LogP contribution in [0.5, 0.6) is 0 Å². The van der Waals surface area contributed by atoms with Gasteiger partial charge in [0.05, 0.1) is 18.2 Å². The molecule has 3 rings (SSSR count). The Morgan fingerprint density at radius 1 is 1.19 bits per heavy atom. The zero-order chi connectivity index (χ0) is 14.7. The molecule has 2 N–H and O–H groups in total. The van der Waals surface area contributed by atoms with Gasteiger partial charge in [-0.3, -0.25) is 9.69 Å². The number of nitrogens with one attached hydrogen (secondary N) is 1. The van der Waals surface area contributed by atoms with Crippen LogP contribution in [-0.2, 0) is 4.79 Å². The summed E-state index contributed by atoms with van der Waals surface area (Å²) in [5, 5.41) is 9.48. The first-order valence-corrected chi connectivity index (χ1v) is 7.01. The van der Waals surface area contributed by atoms with E-state index in [0.29, 0.717) is 18.8 Å². The predicted molar refractivity (Wildman–Crippen MR) is 79.2 cm³/mol. The number of H-pyrrole nitrogens is 1. The molecular weight excluding hydrogens is 268 g/mol. The van der Waals surface area contributed by atoms with E-state index in [1.807, 2.05) is 23.1 Å². The Morgan fingerprint density at radius 3 is 2.48 bits per heavy atom. The molecule has 0 bridgehead atoms. The average Bonchev–Trinajstić information content (AvgIpc) is 3.03. The Labute approximate surface area is 123 Å². The number of rotatable bonds is 4. The summed E-state index contributed by atoms with van der Waals surface area (Å²) >= 11 is 0. The van der Waals surface area contributed by atoms with Crippen molar-refractivity contribution < 1.29 is 9.90 Å². The number of imidazole rings is 1. The number of para-hydroxylation sites is 1. The second-order valence-electron chi connectivity index (χ2n) is 5.11. The molecule has 0 radical (unpaired) electrons. The van der Waals surface area contributed by atoms with Gasteiger partial charge in [-0.15, -0.1) is 0 Å². The van der Waals surface area contributed by atoms with Crippen LogP contribution in [0, 0.1) is 0 Å². The molecule has 21 heavy (non-hydrogen) atoms. The minimum Gasteiger partial charge on any atom is -0.480 e. The van der Waals surface area contributed by atoms with Crippen molar-refractivity contribution in [2.24, 2.45) is 0 Å². The second-order valence-corrected chi connectivity index (χ2v) is 5.11. The maximum absolute atomic E-state index is 11.5. The maximum Gasteiger partial charge on any atom is 0.327 e. The van der Waals surface area contributed by atoms with Gasteiger partial charge in [0, 0.05) is 31.9 Å². The SMILES string of the molecule is O=C(O)C(c1cnc[nH]1)N1CCN(c2ccccc2)CC1. The van der Waals surface area contributed by atoms with Gasteiger partial charge in [0.25, 0.3) is 0 Å². The van der Waals surface area contributed by atoms with Gasteiger partial charge in [0.15, 0.2) is 6.04 Å². The maximum atomic E-state index is 11.5. The van der Waals surface area contributed by atoms with E-state index >= 15 is 0 Å². The summed E-state index contributed by atoms with van der Waals surface area (Å²) in [5.74, 6) is -0.840. The first-order valence-electron chi connectivity index (χ1n) is 7.01. The quantitative estimate of drug-likeness (QED) is 0.888. The molecule has 1 atom stereocenters. The van der Waals surface area contributed by atoms with Crippen LogP contribution in [0.1, 0.15) is 11.7 Å². The van der Waals surface area contributed by atoms with Crippen molar-refractivity contribution in [3.05, 3.63) is 48.5 Å². The zero-order valence-electron chi connectivity index (χ0n) is 11.6. The van der Waals surface area contributed by atoms with Crippen molar-refractivity contribution in [3.63, 3.8) is 0 Å². The number of carbonyl (C=O) groups is 1. The number of aromatic amines is 1. The number of hydrogen-bond acceptors (Lipinski definition) is 4.